The van der Waals surface area contributed by atoms with E-state index in [0.717, 1.165) is 52.6 Å². The van der Waals surface area contributed by atoms with Gasteiger partial charge in [-0.2, -0.15) is 11.3 Å². The lowest BCUT2D eigenvalue weighted by atomic mass is 9.86. The average Bonchev–Trinajstić information content (AvgIpc) is 3.06. The Morgan fingerprint density at radius 2 is 2.09 bits per heavy atom. The molecule has 0 amide bonds. The normalized spacial score (nSPS) is 15.7. The molecule has 23 heavy (non-hydrogen) atoms. The third kappa shape index (κ3) is 2.45. The predicted octanol–water partition coefficient (Wildman–Crippen LogP) is 4.87. The second kappa shape index (κ2) is 5.63. The van der Waals surface area contributed by atoms with Crippen molar-refractivity contribution in [1.29, 1.82) is 0 Å². The molecule has 114 valence electrons. The zero-order valence-electron chi connectivity index (χ0n) is 12.5. The molecule has 1 N–H and O–H groups in total. The first kappa shape index (κ1) is 14.2. The summed E-state index contributed by atoms with van der Waals surface area (Å²) in [5.74, 6) is -0.864. The van der Waals surface area contributed by atoms with Crippen LogP contribution < -0.4 is 0 Å². The van der Waals surface area contributed by atoms with E-state index in [4.69, 9.17) is 4.98 Å². The summed E-state index contributed by atoms with van der Waals surface area (Å²) in [6.45, 7) is 0. The lowest BCUT2D eigenvalue weighted by Gasteiger charge is -2.21. The van der Waals surface area contributed by atoms with Gasteiger partial charge in [-0.1, -0.05) is 18.2 Å². The number of hydrogen-bond acceptors (Lipinski definition) is 3. The molecule has 0 radical (unpaired) electrons. The molecule has 0 spiro atoms. The number of thiophene rings is 1. The Hall–Kier alpha value is -2.46. The molecule has 1 aliphatic carbocycles. The number of rotatable bonds is 2. The van der Waals surface area contributed by atoms with E-state index in [2.05, 4.69) is 17.5 Å². The molecule has 3 nitrogen and oxygen atoms in total. The fourth-order valence-corrected chi connectivity index (χ4v) is 3.90. The van der Waals surface area contributed by atoms with Crippen molar-refractivity contribution in [3.8, 4) is 0 Å². The van der Waals surface area contributed by atoms with Crippen LogP contribution in [0.4, 0.5) is 0 Å². The molecule has 4 heteroatoms. The molecule has 1 aliphatic rings. The van der Waals surface area contributed by atoms with Crippen molar-refractivity contribution in [3.63, 3.8) is 0 Å². The minimum atomic E-state index is -0.864. The van der Waals surface area contributed by atoms with Crippen molar-refractivity contribution in [2.24, 2.45) is 0 Å². The number of pyridine rings is 1. The van der Waals surface area contributed by atoms with Gasteiger partial charge >= 0.3 is 5.97 Å². The van der Waals surface area contributed by atoms with Crippen molar-refractivity contribution in [2.75, 3.05) is 0 Å². The van der Waals surface area contributed by atoms with Gasteiger partial charge in [0.2, 0.25) is 0 Å². The number of carbonyl (C=O) groups is 1. The van der Waals surface area contributed by atoms with Crippen molar-refractivity contribution in [2.45, 2.75) is 19.3 Å². The van der Waals surface area contributed by atoms with Gasteiger partial charge in [0.1, 0.15) is 0 Å². The van der Waals surface area contributed by atoms with Crippen LogP contribution in [0.5, 0.6) is 0 Å². The lowest BCUT2D eigenvalue weighted by molar-refractivity contribution is 0.0697. The van der Waals surface area contributed by atoms with E-state index in [1.165, 1.54) is 0 Å². The van der Waals surface area contributed by atoms with Crippen molar-refractivity contribution >= 4 is 39.9 Å². The van der Waals surface area contributed by atoms with Gasteiger partial charge in [-0.15, -0.1) is 0 Å². The van der Waals surface area contributed by atoms with Crippen LogP contribution in [0, 0.1) is 0 Å². The second-order valence-electron chi connectivity index (χ2n) is 5.72. The van der Waals surface area contributed by atoms with E-state index in [0.29, 0.717) is 5.56 Å². The third-order valence-electron chi connectivity index (χ3n) is 4.27. The quantitative estimate of drug-likeness (QED) is 0.732. The van der Waals surface area contributed by atoms with Crippen molar-refractivity contribution in [1.82, 2.24) is 4.98 Å². The van der Waals surface area contributed by atoms with Gasteiger partial charge in [0.25, 0.3) is 0 Å². The maximum absolute atomic E-state index is 11.9. The van der Waals surface area contributed by atoms with E-state index >= 15 is 0 Å². The van der Waals surface area contributed by atoms with Crippen LogP contribution in [0.25, 0.3) is 22.6 Å². The highest BCUT2D eigenvalue weighted by Gasteiger charge is 2.24. The van der Waals surface area contributed by atoms with E-state index < -0.39 is 5.97 Å². The Morgan fingerprint density at radius 1 is 1.22 bits per heavy atom. The Bertz CT molecular complexity index is 926. The number of benzene rings is 1. The average molecular weight is 321 g/mol. The lowest BCUT2D eigenvalue weighted by Crippen LogP contribution is -2.13. The molecule has 4 rings (SSSR count). The molecular formula is C19H15NO2S. The van der Waals surface area contributed by atoms with Crippen LogP contribution in [0.3, 0.4) is 0 Å². The molecule has 2 aromatic heterocycles. The monoisotopic (exact) mass is 321 g/mol. The molecular weight excluding hydrogens is 306 g/mol. The summed E-state index contributed by atoms with van der Waals surface area (Å²) in [7, 11) is 0. The zero-order valence-corrected chi connectivity index (χ0v) is 13.3. The van der Waals surface area contributed by atoms with Crippen LogP contribution in [-0.2, 0) is 6.42 Å². The number of allylic oxidation sites excluding steroid dienone is 1. The smallest absolute Gasteiger partial charge is 0.336 e. The molecule has 2 heterocycles. The van der Waals surface area contributed by atoms with Gasteiger partial charge < -0.3 is 5.11 Å². The molecule has 1 aromatic carbocycles. The molecule has 0 unspecified atom stereocenters. The molecule has 0 aliphatic heterocycles. The predicted molar refractivity (Wildman–Crippen MR) is 93.8 cm³/mol. The number of carboxylic acids is 1. The number of aromatic carboxylic acids is 1. The minimum Gasteiger partial charge on any atom is -0.478 e. The highest BCUT2D eigenvalue weighted by Crippen LogP contribution is 2.36. The molecule has 0 saturated carbocycles. The molecule has 0 fully saturated rings. The standard InChI is InChI=1S/C19H15NO2S/c21-19(22)17-14-5-1-2-7-16(14)20-18-13(4-3-6-15(17)18)10-12-8-9-23-11-12/h1-2,5,7-11H,3-4,6H2,(H,21,22). The Balaban J connectivity index is 2.01. The summed E-state index contributed by atoms with van der Waals surface area (Å²) in [6.07, 6.45) is 4.81. The van der Waals surface area contributed by atoms with Gasteiger partial charge in [0.05, 0.1) is 16.8 Å². The van der Waals surface area contributed by atoms with E-state index in [1.54, 1.807) is 11.3 Å². The van der Waals surface area contributed by atoms with E-state index in [-0.39, 0.29) is 0 Å². The van der Waals surface area contributed by atoms with Gasteiger partial charge in [0, 0.05) is 5.39 Å². The topological polar surface area (TPSA) is 50.2 Å². The van der Waals surface area contributed by atoms with Gasteiger partial charge in [-0.3, -0.25) is 0 Å². The van der Waals surface area contributed by atoms with Crippen molar-refractivity contribution < 1.29 is 9.90 Å². The number of fused-ring (bicyclic) bond motifs is 2. The Labute approximate surface area is 137 Å². The van der Waals surface area contributed by atoms with Gasteiger partial charge in [-0.05, 0) is 64.9 Å². The van der Waals surface area contributed by atoms with Crippen LogP contribution in [0.2, 0.25) is 0 Å². The van der Waals surface area contributed by atoms with Crippen LogP contribution in [0.15, 0.2) is 41.1 Å². The number of carboxylic acid groups (broad SMARTS) is 1. The maximum atomic E-state index is 11.9. The first-order valence-electron chi connectivity index (χ1n) is 7.62. The highest BCUT2D eigenvalue weighted by atomic mass is 32.1. The van der Waals surface area contributed by atoms with Gasteiger partial charge in [0.15, 0.2) is 0 Å². The fourth-order valence-electron chi connectivity index (χ4n) is 3.28. The number of para-hydroxylation sites is 1. The maximum Gasteiger partial charge on any atom is 0.336 e. The van der Waals surface area contributed by atoms with E-state index in [9.17, 15) is 9.90 Å². The zero-order chi connectivity index (χ0) is 15.8. The minimum absolute atomic E-state index is 0.418. The second-order valence-corrected chi connectivity index (χ2v) is 6.50. The molecule has 0 saturated heterocycles. The van der Waals surface area contributed by atoms with Crippen LogP contribution in [-0.4, -0.2) is 16.1 Å². The molecule has 3 aromatic rings. The van der Waals surface area contributed by atoms with Gasteiger partial charge in [-0.25, -0.2) is 9.78 Å². The molecule has 0 atom stereocenters. The van der Waals surface area contributed by atoms with Crippen molar-refractivity contribution in [3.05, 3.63) is 63.5 Å². The highest BCUT2D eigenvalue weighted by molar-refractivity contribution is 7.08. The summed E-state index contributed by atoms with van der Waals surface area (Å²) in [5.41, 5.74) is 5.20. The Morgan fingerprint density at radius 3 is 2.87 bits per heavy atom. The Kier molecular flexibility index (Phi) is 3.46. The largest absolute Gasteiger partial charge is 0.478 e. The summed E-state index contributed by atoms with van der Waals surface area (Å²) in [4.78, 5) is 16.7. The first-order chi connectivity index (χ1) is 11.2. The summed E-state index contributed by atoms with van der Waals surface area (Å²) in [5, 5.41) is 14.6. The summed E-state index contributed by atoms with van der Waals surface area (Å²) < 4.78 is 0. The van der Waals surface area contributed by atoms with E-state index in [1.807, 2.05) is 29.6 Å². The van der Waals surface area contributed by atoms with Crippen LogP contribution >= 0.6 is 11.3 Å². The number of hydrogen-bond donors (Lipinski definition) is 1. The first-order valence-corrected chi connectivity index (χ1v) is 8.56. The fraction of sp³-hybridized carbons (Fsp3) is 0.158. The molecule has 0 bridgehead atoms. The number of nitrogens with zero attached hydrogens (tertiary/aromatic N) is 1. The third-order valence-corrected chi connectivity index (χ3v) is 4.97. The summed E-state index contributed by atoms with van der Waals surface area (Å²) >= 11 is 1.66. The summed E-state index contributed by atoms with van der Waals surface area (Å²) in [6, 6.07) is 9.58. The van der Waals surface area contributed by atoms with Crippen LogP contribution in [0.1, 0.15) is 40.0 Å². The SMILES string of the molecule is O=C(O)c1c2c(nc3ccccc13)C(=Cc1ccsc1)CCC2. The number of aromatic nitrogens is 1.